The van der Waals surface area contributed by atoms with Gasteiger partial charge < -0.3 is 30.6 Å². The van der Waals surface area contributed by atoms with E-state index in [0.29, 0.717) is 28.8 Å². The van der Waals surface area contributed by atoms with Gasteiger partial charge in [0.05, 0.1) is 32.3 Å². The molecule has 1 heterocycles. The number of rotatable bonds is 14. The molecule has 0 radical (unpaired) electrons. The zero-order chi connectivity index (χ0) is 31.7. The molecule has 0 spiro atoms. The van der Waals surface area contributed by atoms with E-state index in [2.05, 4.69) is 10.1 Å². The van der Waals surface area contributed by atoms with Crippen LogP contribution in [0.5, 0.6) is 0 Å². The molecular weight excluding hydrogens is 553 g/mol. The fourth-order valence-electron chi connectivity index (χ4n) is 5.16. The van der Waals surface area contributed by atoms with Crippen LogP contribution in [-0.4, -0.2) is 58.3 Å². The number of ketones is 1. The Labute approximate surface area is 251 Å². The molecule has 0 unspecified atom stereocenters. The van der Waals surface area contributed by atoms with Gasteiger partial charge in [0.1, 0.15) is 11.5 Å². The van der Waals surface area contributed by atoms with E-state index in [0.717, 1.165) is 11.3 Å². The first kappa shape index (κ1) is 33.2. The Morgan fingerprint density at radius 1 is 1.00 bits per heavy atom. The molecule has 2 aromatic carbocycles. The van der Waals surface area contributed by atoms with E-state index >= 15 is 0 Å². The first-order chi connectivity index (χ1) is 20.4. The van der Waals surface area contributed by atoms with Crippen LogP contribution < -0.4 is 11.1 Å². The van der Waals surface area contributed by atoms with Gasteiger partial charge in [0.25, 0.3) is 5.91 Å². The molecule has 0 aliphatic carbocycles. The number of carbonyl (C=O) groups excluding carboxylic acids is 3. The number of esters is 1. The number of nitrogens with zero attached hydrogens (tertiary/aromatic N) is 1. The summed E-state index contributed by atoms with van der Waals surface area (Å²) < 4.78 is 20.5. The van der Waals surface area contributed by atoms with E-state index in [4.69, 9.17) is 5.73 Å². The zero-order valence-electron chi connectivity index (χ0n) is 25.0. The van der Waals surface area contributed by atoms with Gasteiger partial charge in [-0.3, -0.25) is 14.4 Å². The average Bonchev–Trinajstić information content (AvgIpc) is 3.30. The number of ether oxygens (including phenoxy) is 1. The first-order valence-corrected chi connectivity index (χ1v) is 14.2. The Morgan fingerprint density at radius 2 is 1.63 bits per heavy atom. The number of carbonyl (C=O) groups is 3. The molecule has 0 saturated heterocycles. The largest absolute Gasteiger partial charge is 0.469 e. The van der Waals surface area contributed by atoms with Crippen molar-refractivity contribution in [3.8, 4) is 22.3 Å². The van der Waals surface area contributed by atoms with Crippen molar-refractivity contribution in [1.29, 1.82) is 0 Å². The average molecular weight is 594 g/mol. The van der Waals surface area contributed by atoms with Crippen molar-refractivity contribution in [3.63, 3.8) is 0 Å². The predicted molar refractivity (Wildman–Crippen MR) is 163 cm³/mol. The number of hydrogen-bond donors (Lipinski definition) is 4. The van der Waals surface area contributed by atoms with Crippen molar-refractivity contribution in [1.82, 2.24) is 9.88 Å². The summed E-state index contributed by atoms with van der Waals surface area (Å²) in [6, 6.07) is 15.1. The predicted octanol–water partition coefficient (Wildman–Crippen LogP) is 4.31. The van der Waals surface area contributed by atoms with Crippen LogP contribution in [0.1, 0.15) is 62.3 Å². The van der Waals surface area contributed by atoms with Gasteiger partial charge in [-0.15, -0.1) is 0 Å². The van der Waals surface area contributed by atoms with Crippen LogP contribution in [0.2, 0.25) is 0 Å². The SMILES string of the molecule is COC(=O)C[C@H](O)C[C@H](O)CCc1c(-c2ccc(F)cc2)c(-c2ccccc2)c(C(=O)NCC(N)=CC(C)=O)n1C(C)C. The summed E-state index contributed by atoms with van der Waals surface area (Å²) >= 11 is 0. The molecule has 0 fully saturated rings. The van der Waals surface area contributed by atoms with Crippen LogP contribution in [0.4, 0.5) is 4.39 Å². The molecule has 2 atom stereocenters. The Balaban J connectivity index is 2.18. The van der Waals surface area contributed by atoms with E-state index in [1.807, 2.05) is 48.7 Å². The zero-order valence-corrected chi connectivity index (χ0v) is 25.0. The van der Waals surface area contributed by atoms with Gasteiger partial charge in [0, 0.05) is 34.6 Å². The fraction of sp³-hybridized carbons (Fsp3) is 0.364. The number of aliphatic hydroxyl groups is 2. The third-order valence-corrected chi connectivity index (χ3v) is 6.96. The molecule has 0 aliphatic rings. The fourth-order valence-corrected chi connectivity index (χ4v) is 5.16. The first-order valence-electron chi connectivity index (χ1n) is 14.2. The lowest BCUT2D eigenvalue weighted by Gasteiger charge is -2.20. The molecule has 10 heteroatoms. The highest BCUT2D eigenvalue weighted by Crippen LogP contribution is 2.42. The second-order valence-electron chi connectivity index (χ2n) is 10.8. The van der Waals surface area contributed by atoms with E-state index in [1.54, 1.807) is 12.1 Å². The number of allylic oxidation sites excluding steroid dienone is 1. The second-order valence-corrected chi connectivity index (χ2v) is 10.8. The minimum Gasteiger partial charge on any atom is -0.469 e. The minimum atomic E-state index is -1.08. The molecule has 1 aromatic heterocycles. The van der Waals surface area contributed by atoms with E-state index in [9.17, 15) is 29.0 Å². The summed E-state index contributed by atoms with van der Waals surface area (Å²) in [5.41, 5.74) is 10.0. The standard InChI is InChI=1S/C33H40FN3O6/c1-20(2)37-28(15-14-26(39)17-27(40)18-29(41)43-4)30(23-10-12-24(34)13-11-23)31(22-8-6-5-7-9-22)32(37)33(42)36-19-25(35)16-21(3)38/h5-13,16,20,26-27,39-40H,14-15,17-19,35H2,1-4H3,(H,36,42)/t26-,27-/m1/s1. The van der Waals surface area contributed by atoms with Crippen molar-refractivity contribution < 1.29 is 33.7 Å². The van der Waals surface area contributed by atoms with Gasteiger partial charge in [-0.2, -0.15) is 0 Å². The van der Waals surface area contributed by atoms with Gasteiger partial charge in [-0.25, -0.2) is 4.39 Å². The maximum absolute atomic E-state index is 14.0. The van der Waals surface area contributed by atoms with Crippen molar-refractivity contribution in [2.75, 3.05) is 13.7 Å². The van der Waals surface area contributed by atoms with Crippen molar-refractivity contribution >= 4 is 17.7 Å². The van der Waals surface area contributed by atoms with Gasteiger partial charge in [0.15, 0.2) is 5.78 Å². The minimum absolute atomic E-state index is 0.0377. The molecule has 3 aromatic rings. The van der Waals surface area contributed by atoms with Gasteiger partial charge in [0.2, 0.25) is 0 Å². The molecule has 0 saturated carbocycles. The van der Waals surface area contributed by atoms with E-state index < -0.39 is 29.9 Å². The third-order valence-electron chi connectivity index (χ3n) is 6.96. The van der Waals surface area contributed by atoms with Gasteiger partial charge >= 0.3 is 5.97 Å². The lowest BCUT2D eigenvalue weighted by Crippen LogP contribution is -2.31. The Bertz CT molecular complexity index is 1450. The molecule has 43 heavy (non-hydrogen) atoms. The third kappa shape index (κ3) is 8.86. The van der Waals surface area contributed by atoms with Crippen LogP contribution in [0.15, 0.2) is 66.4 Å². The van der Waals surface area contributed by atoms with Crippen molar-refractivity contribution in [2.45, 2.75) is 64.7 Å². The van der Waals surface area contributed by atoms with Crippen molar-refractivity contribution in [3.05, 3.63) is 83.6 Å². The Kier molecular flexibility index (Phi) is 11.8. The number of methoxy groups -OCH3 is 1. The van der Waals surface area contributed by atoms with E-state index in [1.165, 1.54) is 32.2 Å². The highest BCUT2D eigenvalue weighted by molar-refractivity contribution is 6.05. The van der Waals surface area contributed by atoms with Crippen LogP contribution >= 0.6 is 0 Å². The van der Waals surface area contributed by atoms with Crippen molar-refractivity contribution in [2.24, 2.45) is 5.73 Å². The van der Waals surface area contributed by atoms with Crippen LogP contribution in [0.3, 0.4) is 0 Å². The number of halogens is 1. The highest BCUT2D eigenvalue weighted by atomic mass is 19.1. The van der Waals surface area contributed by atoms with Crippen LogP contribution in [0, 0.1) is 5.82 Å². The number of nitrogens with one attached hydrogen (secondary N) is 1. The molecule has 9 nitrogen and oxygen atoms in total. The maximum Gasteiger partial charge on any atom is 0.308 e. The summed E-state index contributed by atoms with van der Waals surface area (Å²) in [5.74, 6) is -1.64. The topological polar surface area (TPSA) is 144 Å². The van der Waals surface area contributed by atoms with E-state index in [-0.39, 0.29) is 43.3 Å². The molecule has 230 valence electrons. The Hall–Kier alpha value is -4.28. The molecule has 0 bridgehead atoms. The number of hydrogen-bond acceptors (Lipinski definition) is 7. The Morgan fingerprint density at radius 3 is 2.21 bits per heavy atom. The number of nitrogens with two attached hydrogens (primary N) is 1. The summed E-state index contributed by atoms with van der Waals surface area (Å²) in [6.07, 6.45) is -0.533. The molecule has 5 N–H and O–H groups in total. The number of amides is 1. The molecular formula is C33H40FN3O6. The molecule has 0 aliphatic heterocycles. The smallest absolute Gasteiger partial charge is 0.308 e. The summed E-state index contributed by atoms with van der Waals surface area (Å²) in [6.45, 7) is 5.19. The number of aliphatic hydroxyl groups excluding tert-OH is 2. The van der Waals surface area contributed by atoms with Crippen LogP contribution in [-0.2, 0) is 20.7 Å². The normalized spacial score (nSPS) is 13.1. The van der Waals surface area contributed by atoms with Crippen LogP contribution in [0.25, 0.3) is 22.3 Å². The molecule has 3 rings (SSSR count). The summed E-state index contributed by atoms with van der Waals surface area (Å²) in [4.78, 5) is 37.0. The lowest BCUT2D eigenvalue weighted by molar-refractivity contribution is -0.143. The number of benzene rings is 2. The summed E-state index contributed by atoms with van der Waals surface area (Å²) in [7, 11) is 1.23. The molecule has 1 amide bonds. The lowest BCUT2D eigenvalue weighted by atomic mass is 9.92. The monoisotopic (exact) mass is 593 g/mol. The maximum atomic E-state index is 14.0. The number of aromatic nitrogens is 1. The highest BCUT2D eigenvalue weighted by Gasteiger charge is 2.30. The second kappa shape index (κ2) is 15.3. The quantitative estimate of drug-likeness (QED) is 0.161. The van der Waals surface area contributed by atoms with Gasteiger partial charge in [-0.05, 0) is 63.3 Å². The summed E-state index contributed by atoms with van der Waals surface area (Å²) in [5, 5.41) is 23.9. The van der Waals surface area contributed by atoms with Gasteiger partial charge in [-0.1, -0.05) is 42.5 Å².